The van der Waals surface area contributed by atoms with E-state index in [1.54, 1.807) is 32.3 Å². The first-order chi connectivity index (χ1) is 12.2. The van der Waals surface area contributed by atoms with Crippen LogP contribution in [0.2, 0.25) is 0 Å². The molecule has 1 N–H and O–H groups in total. The second-order valence-corrected chi connectivity index (χ2v) is 9.02. The molecule has 0 unspecified atom stereocenters. The third kappa shape index (κ3) is 2.59. The molecule has 1 aliphatic carbocycles. The van der Waals surface area contributed by atoms with Crippen LogP contribution in [0.5, 0.6) is 0 Å². The number of benzene rings is 2. The van der Waals surface area contributed by atoms with Crippen LogP contribution in [-0.4, -0.2) is 23.1 Å². The van der Waals surface area contributed by atoms with Crippen molar-refractivity contribution in [2.24, 2.45) is 14.1 Å². The van der Waals surface area contributed by atoms with E-state index >= 15 is 0 Å². The fourth-order valence-corrected chi connectivity index (χ4v) is 5.34. The maximum atomic E-state index is 13.0. The van der Waals surface area contributed by atoms with Crippen LogP contribution in [0.15, 0.2) is 52.2 Å². The summed E-state index contributed by atoms with van der Waals surface area (Å²) in [6.45, 7) is 1.93. The minimum atomic E-state index is -3.71. The van der Waals surface area contributed by atoms with E-state index in [0.29, 0.717) is 23.9 Å². The van der Waals surface area contributed by atoms with Crippen molar-refractivity contribution in [3.05, 3.63) is 64.1 Å². The van der Waals surface area contributed by atoms with E-state index in [0.717, 1.165) is 0 Å². The van der Waals surface area contributed by atoms with Crippen molar-refractivity contribution < 1.29 is 8.42 Å². The highest BCUT2D eigenvalue weighted by molar-refractivity contribution is 7.89. The molecule has 0 saturated carbocycles. The maximum absolute atomic E-state index is 13.0. The van der Waals surface area contributed by atoms with Crippen LogP contribution in [0.4, 0.5) is 0 Å². The molecule has 0 fully saturated rings. The second-order valence-electron chi connectivity index (χ2n) is 7.34. The summed E-state index contributed by atoms with van der Waals surface area (Å²) in [4.78, 5) is 12.2. The van der Waals surface area contributed by atoms with Gasteiger partial charge < -0.3 is 0 Å². The van der Waals surface area contributed by atoms with Gasteiger partial charge in [0.15, 0.2) is 0 Å². The van der Waals surface area contributed by atoms with Gasteiger partial charge in [-0.3, -0.25) is 9.13 Å². The zero-order valence-corrected chi connectivity index (χ0v) is 15.8. The van der Waals surface area contributed by atoms with Gasteiger partial charge in [0.05, 0.1) is 15.9 Å². The SMILES string of the molecule is Cn1c(=O)n(C)c2cc(S(=O)(=O)NC3(C)Cc4ccccc4C3)ccc21. The number of aromatic nitrogens is 2. The Kier molecular flexibility index (Phi) is 3.65. The minimum Gasteiger partial charge on any atom is -0.295 e. The summed E-state index contributed by atoms with van der Waals surface area (Å²) in [5, 5.41) is 0. The molecule has 26 heavy (non-hydrogen) atoms. The van der Waals surface area contributed by atoms with Gasteiger partial charge in [0.1, 0.15) is 0 Å². The fourth-order valence-electron chi connectivity index (χ4n) is 3.91. The summed E-state index contributed by atoms with van der Waals surface area (Å²) >= 11 is 0. The number of sulfonamides is 1. The van der Waals surface area contributed by atoms with Crippen LogP contribution in [-0.2, 0) is 37.0 Å². The normalized spacial score (nSPS) is 16.1. The molecule has 0 atom stereocenters. The third-order valence-electron chi connectivity index (χ3n) is 5.21. The van der Waals surface area contributed by atoms with E-state index in [9.17, 15) is 13.2 Å². The van der Waals surface area contributed by atoms with Gasteiger partial charge in [-0.05, 0) is 49.1 Å². The number of nitrogens with one attached hydrogen (secondary N) is 1. The summed E-state index contributed by atoms with van der Waals surface area (Å²) in [6, 6.07) is 12.8. The quantitative estimate of drug-likeness (QED) is 0.762. The van der Waals surface area contributed by atoms with E-state index in [4.69, 9.17) is 0 Å². The highest BCUT2D eigenvalue weighted by Gasteiger charge is 2.36. The van der Waals surface area contributed by atoms with Crippen molar-refractivity contribution in [3.63, 3.8) is 0 Å². The van der Waals surface area contributed by atoms with E-state index in [2.05, 4.69) is 4.72 Å². The number of hydrogen-bond donors (Lipinski definition) is 1. The first-order valence-corrected chi connectivity index (χ1v) is 9.95. The number of rotatable bonds is 3. The van der Waals surface area contributed by atoms with Crippen molar-refractivity contribution in [3.8, 4) is 0 Å². The van der Waals surface area contributed by atoms with Crippen LogP contribution in [0.3, 0.4) is 0 Å². The molecule has 0 aliphatic heterocycles. The summed E-state index contributed by atoms with van der Waals surface area (Å²) in [7, 11) is -0.390. The molecular weight excluding hydrogens is 350 g/mol. The molecular formula is C19H21N3O3S. The largest absolute Gasteiger partial charge is 0.328 e. The van der Waals surface area contributed by atoms with Crippen molar-refractivity contribution >= 4 is 21.1 Å². The van der Waals surface area contributed by atoms with E-state index in [1.807, 2.05) is 31.2 Å². The molecule has 2 aromatic carbocycles. The molecule has 0 saturated heterocycles. The molecule has 4 rings (SSSR count). The molecule has 0 bridgehead atoms. The summed E-state index contributed by atoms with van der Waals surface area (Å²) in [5.74, 6) is 0. The predicted octanol–water partition coefficient (Wildman–Crippen LogP) is 1.71. The van der Waals surface area contributed by atoms with Gasteiger partial charge in [0.25, 0.3) is 0 Å². The Morgan fingerprint density at radius 1 is 0.962 bits per heavy atom. The molecule has 1 aliphatic rings. The number of imidazole rings is 1. The smallest absolute Gasteiger partial charge is 0.295 e. The van der Waals surface area contributed by atoms with Crippen LogP contribution >= 0.6 is 0 Å². The van der Waals surface area contributed by atoms with Gasteiger partial charge in [-0.2, -0.15) is 0 Å². The third-order valence-corrected chi connectivity index (χ3v) is 6.85. The molecule has 0 amide bonds. The number of aryl methyl sites for hydroxylation is 2. The predicted molar refractivity (Wildman–Crippen MR) is 101 cm³/mol. The van der Waals surface area contributed by atoms with E-state index < -0.39 is 15.6 Å². The maximum Gasteiger partial charge on any atom is 0.328 e. The van der Waals surface area contributed by atoms with Crippen LogP contribution in [0.1, 0.15) is 18.1 Å². The Labute approximate surface area is 152 Å². The van der Waals surface area contributed by atoms with E-state index in [1.165, 1.54) is 20.3 Å². The van der Waals surface area contributed by atoms with Gasteiger partial charge in [0, 0.05) is 19.6 Å². The van der Waals surface area contributed by atoms with Gasteiger partial charge in [-0.15, -0.1) is 0 Å². The Morgan fingerprint density at radius 2 is 1.54 bits per heavy atom. The highest BCUT2D eigenvalue weighted by atomic mass is 32.2. The highest BCUT2D eigenvalue weighted by Crippen LogP contribution is 2.31. The molecule has 1 heterocycles. The fraction of sp³-hybridized carbons (Fsp3) is 0.316. The minimum absolute atomic E-state index is 0.170. The topological polar surface area (TPSA) is 73.1 Å². The molecule has 3 aromatic rings. The summed E-state index contributed by atoms with van der Waals surface area (Å²) in [6.07, 6.45) is 1.32. The Morgan fingerprint density at radius 3 is 2.15 bits per heavy atom. The first-order valence-electron chi connectivity index (χ1n) is 8.46. The van der Waals surface area contributed by atoms with Crippen molar-refractivity contribution in [2.45, 2.75) is 30.2 Å². The lowest BCUT2D eigenvalue weighted by molar-refractivity contribution is 0.436. The molecule has 1 aromatic heterocycles. The molecule has 6 nitrogen and oxygen atoms in total. The molecule has 136 valence electrons. The lowest BCUT2D eigenvalue weighted by Crippen LogP contribution is -2.46. The van der Waals surface area contributed by atoms with Gasteiger partial charge >= 0.3 is 5.69 Å². The van der Waals surface area contributed by atoms with Crippen LogP contribution in [0.25, 0.3) is 11.0 Å². The monoisotopic (exact) mass is 371 g/mol. The Bertz CT molecular complexity index is 1160. The molecule has 0 spiro atoms. The van der Waals surface area contributed by atoms with E-state index in [-0.39, 0.29) is 10.6 Å². The lowest BCUT2D eigenvalue weighted by atomic mass is 10.0. The second kappa shape index (κ2) is 5.56. The van der Waals surface area contributed by atoms with Gasteiger partial charge in [0.2, 0.25) is 10.0 Å². The Hall–Kier alpha value is -2.38. The number of hydrogen-bond acceptors (Lipinski definition) is 3. The molecule has 7 heteroatoms. The van der Waals surface area contributed by atoms with Crippen LogP contribution in [0, 0.1) is 0 Å². The van der Waals surface area contributed by atoms with Crippen molar-refractivity contribution in [2.75, 3.05) is 0 Å². The summed E-state index contributed by atoms with van der Waals surface area (Å²) in [5.41, 5.74) is 2.93. The summed E-state index contributed by atoms with van der Waals surface area (Å²) < 4.78 is 31.8. The zero-order valence-electron chi connectivity index (χ0n) is 15.0. The van der Waals surface area contributed by atoms with Gasteiger partial charge in [-0.25, -0.2) is 17.9 Å². The number of fused-ring (bicyclic) bond motifs is 2. The van der Waals surface area contributed by atoms with Crippen LogP contribution < -0.4 is 10.4 Å². The average Bonchev–Trinajstić information content (AvgIpc) is 3.03. The lowest BCUT2D eigenvalue weighted by Gasteiger charge is -2.25. The zero-order chi connectivity index (χ0) is 18.7. The standard InChI is InChI=1S/C19H21N3O3S/c1-19(11-13-6-4-5-7-14(13)12-19)20-26(24,25)15-8-9-16-17(10-15)22(3)18(23)21(16)2/h4-10,20H,11-12H2,1-3H3. The number of nitrogens with zero attached hydrogens (tertiary/aromatic N) is 2. The first kappa shape index (κ1) is 17.1. The van der Waals surface area contributed by atoms with Crippen molar-refractivity contribution in [1.82, 2.24) is 13.9 Å². The molecule has 0 radical (unpaired) electrons. The average molecular weight is 371 g/mol. The Balaban J connectivity index is 1.71. The van der Waals surface area contributed by atoms with Gasteiger partial charge in [-0.1, -0.05) is 24.3 Å². The van der Waals surface area contributed by atoms with Crippen molar-refractivity contribution in [1.29, 1.82) is 0 Å².